The fourth-order valence-corrected chi connectivity index (χ4v) is 5.17. The number of aryl methyl sites for hydroxylation is 1. The number of aromatic hydroxyl groups is 1. The quantitative estimate of drug-likeness (QED) is 0.452. The third-order valence-electron chi connectivity index (χ3n) is 7.34. The van der Waals surface area contributed by atoms with E-state index in [1.165, 1.54) is 5.56 Å². The average molecular weight is 493 g/mol. The number of fused-ring (bicyclic) bond motifs is 1. The van der Waals surface area contributed by atoms with Gasteiger partial charge in [0.05, 0.1) is 12.1 Å². The fourth-order valence-electron chi connectivity index (χ4n) is 5.17. The number of phenolic OH excluding ortho intramolecular Hbond substituents is 1. The molecule has 36 heavy (non-hydrogen) atoms. The number of nitrogens with one attached hydrogen (secondary N) is 3. The molecular formula is C28H36N4O4. The van der Waals surface area contributed by atoms with Crippen molar-refractivity contribution in [2.45, 2.75) is 69.6 Å². The zero-order chi connectivity index (χ0) is 25.7. The zero-order valence-electron chi connectivity index (χ0n) is 21.0. The van der Waals surface area contributed by atoms with Crippen molar-refractivity contribution in [3.8, 4) is 5.75 Å². The van der Waals surface area contributed by atoms with Crippen molar-refractivity contribution < 1.29 is 19.5 Å². The molecule has 8 heteroatoms. The largest absolute Gasteiger partial charge is 0.508 e. The Hall–Kier alpha value is -3.39. The normalized spacial score (nSPS) is 20.8. The van der Waals surface area contributed by atoms with E-state index < -0.39 is 18.1 Å². The molecule has 4 N–H and O–H groups in total. The highest BCUT2D eigenvalue weighted by atomic mass is 16.3. The molecule has 4 rings (SSSR count). The molecule has 1 aliphatic carbocycles. The minimum absolute atomic E-state index is 0.0519. The first-order chi connectivity index (χ1) is 17.4. The number of phenols is 1. The van der Waals surface area contributed by atoms with E-state index in [4.69, 9.17) is 0 Å². The summed E-state index contributed by atoms with van der Waals surface area (Å²) in [5.41, 5.74) is 3.23. The summed E-state index contributed by atoms with van der Waals surface area (Å²) in [7, 11) is 1.69. The van der Waals surface area contributed by atoms with Gasteiger partial charge in [0.2, 0.25) is 17.7 Å². The Balaban J connectivity index is 1.50. The van der Waals surface area contributed by atoms with Crippen LogP contribution in [0.3, 0.4) is 0 Å². The van der Waals surface area contributed by atoms with Gasteiger partial charge in [-0.2, -0.15) is 0 Å². The van der Waals surface area contributed by atoms with Crippen molar-refractivity contribution in [3.05, 3.63) is 65.2 Å². The minimum atomic E-state index is -0.818. The van der Waals surface area contributed by atoms with Crippen molar-refractivity contribution in [3.63, 3.8) is 0 Å². The van der Waals surface area contributed by atoms with Gasteiger partial charge in [-0.1, -0.05) is 36.4 Å². The number of carbonyl (C=O) groups excluding carboxylic acids is 3. The van der Waals surface area contributed by atoms with Crippen LogP contribution >= 0.6 is 0 Å². The number of rotatable bonds is 8. The predicted molar refractivity (Wildman–Crippen MR) is 137 cm³/mol. The maximum Gasteiger partial charge on any atom is 0.246 e. The summed E-state index contributed by atoms with van der Waals surface area (Å²) < 4.78 is 0. The molecule has 1 fully saturated rings. The molecule has 0 unspecified atom stereocenters. The molecule has 192 valence electrons. The minimum Gasteiger partial charge on any atom is -0.508 e. The zero-order valence-corrected chi connectivity index (χ0v) is 21.0. The molecule has 0 aromatic heterocycles. The smallest absolute Gasteiger partial charge is 0.246 e. The molecule has 2 aromatic carbocycles. The van der Waals surface area contributed by atoms with Crippen LogP contribution < -0.4 is 16.0 Å². The predicted octanol–water partition coefficient (Wildman–Crippen LogP) is 2.21. The highest BCUT2D eigenvalue weighted by Gasteiger charge is 2.39. The lowest BCUT2D eigenvalue weighted by atomic mass is 9.87. The Morgan fingerprint density at radius 3 is 2.56 bits per heavy atom. The average Bonchev–Trinajstić information content (AvgIpc) is 3.39. The standard InChI is InChI=1S/C28H36N4O4/c1-18(29-2)26(34)31-24(17-19-12-14-21(33)15-13-19)28(36)32-16-6-11-25(32)27(35)30-23-10-5-8-20-7-3-4-9-22(20)23/h3-4,7,9,12-15,18,23-25,29,33H,5-6,8,10-11,16-17H2,1-2H3,(H,30,35)(H,31,34)/t18-,23+,24-,25-/m0/s1. The monoisotopic (exact) mass is 492 g/mol. The van der Waals surface area contributed by atoms with Crippen molar-refractivity contribution in [1.82, 2.24) is 20.9 Å². The summed E-state index contributed by atoms with van der Waals surface area (Å²) in [4.78, 5) is 41.4. The van der Waals surface area contributed by atoms with Crippen molar-refractivity contribution in [1.29, 1.82) is 0 Å². The summed E-state index contributed by atoms with van der Waals surface area (Å²) >= 11 is 0. The SMILES string of the molecule is CN[C@@H](C)C(=O)N[C@@H](Cc1ccc(O)cc1)C(=O)N1CCC[C@H]1C(=O)N[C@@H]1CCCc2ccccc21. The van der Waals surface area contributed by atoms with Crippen LogP contribution in [0.5, 0.6) is 5.75 Å². The topological polar surface area (TPSA) is 111 Å². The molecular weight excluding hydrogens is 456 g/mol. The van der Waals surface area contributed by atoms with E-state index in [-0.39, 0.29) is 35.9 Å². The van der Waals surface area contributed by atoms with Crippen LogP contribution in [0.25, 0.3) is 0 Å². The molecule has 0 bridgehead atoms. The Labute approximate surface area is 212 Å². The van der Waals surface area contributed by atoms with Gasteiger partial charge in [0.25, 0.3) is 0 Å². The number of carbonyl (C=O) groups is 3. The van der Waals surface area contributed by atoms with Crippen LogP contribution in [0, 0.1) is 0 Å². The second kappa shape index (κ2) is 11.6. The highest BCUT2D eigenvalue weighted by molar-refractivity contribution is 5.93. The Morgan fingerprint density at radius 1 is 1.06 bits per heavy atom. The number of likely N-dealkylation sites (N-methyl/N-ethyl adjacent to an activating group) is 1. The number of likely N-dealkylation sites (tertiary alicyclic amines) is 1. The molecule has 4 atom stereocenters. The van der Waals surface area contributed by atoms with Crippen LogP contribution in [0.2, 0.25) is 0 Å². The van der Waals surface area contributed by atoms with Gasteiger partial charge >= 0.3 is 0 Å². The first kappa shape index (κ1) is 25.7. The van der Waals surface area contributed by atoms with E-state index in [0.29, 0.717) is 13.0 Å². The lowest BCUT2D eigenvalue weighted by molar-refractivity contribution is -0.141. The second-order valence-electron chi connectivity index (χ2n) is 9.78. The molecule has 0 saturated carbocycles. The highest BCUT2D eigenvalue weighted by Crippen LogP contribution is 2.30. The van der Waals surface area contributed by atoms with Gasteiger partial charge in [-0.25, -0.2) is 0 Å². The molecule has 2 aromatic rings. The Kier molecular flexibility index (Phi) is 8.25. The van der Waals surface area contributed by atoms with Crippen LogP contribution in [0.1, 0.15) is 55.3 Å². The number of benzene rings is 2. The van der Waals surface area contributed by atoms with Crippen molar-refractivity contribution in [2.75, 3.05) is 13.6 Å². The maximum atomic E-state index is 13.7. The van der Waals surface area contributed by atoms with E-state index in [9.17, 15) is 19.5 Å². The van der Waals surface area contributed by atoms with Gasteiger partial charge in [-0.3, -0.25) is 14.4 Å². The molecule has 0 spiro atoms. The Bertz CT molecular complexity index is 1090. The van der Waals surface area contributed by atoms with Crippen LogP contribution in [0.4, 0.5) is 0 Å². The van der Waals surface area contributed by atoms with E-state index in [1.54, 1.807) is 43.1 Å². The number of hydrogen-bond acceptors (Lipinski definition) is 5. The van der Waals surface area contributed by atoms with Gasteiger partial charge in [0.1, 0.15) is 17.8 Å². The first-order valence-corrected chi connectivity index (χ1v) is 12.8. The molecule has 1 aliphatic heterocycles. The summed E-state index contributed by atoms with van der Waals surface area (Å²) in [5.74, 6) is -0.550. The summed E-state index contributed by atoms with van der Waals surface area (Å²) in [6.45, 7) is 2.20. The molecule has 3 amide bonds. The van der Waals surface area contributed by atoms with Gasteiger partial charge in [-0.15, -0.1) is 0 Å². The fraction of sp³-hybridized carbons (Fsp3) is 0.464. The molecule has 0 radical (unpaired) electrons. The third-order valence-corrected chi connectivity index (χ3v) is 7.34. The van der Waals surface area contributed by atoms with Gasteiger partial charge in [-0.05, 0) is 74.9 Å². The van der Waals surface area contributed by atoms with Gasteiger partial charge < -0.3 is 26.0 Å². The summed E-state index contributed by atoms with van der Waals surface area (Å²) in [5, 5.41) is 18.6. The first-order valence-electron chi connectivity index (χ1n) is 12.8. The number of hydrogen-bond donors (Lipinski definition) is 4. The van der Waals surface area contributed by atoms with Gasteiger partial charge in [0, 0.05) is 13.0 Å². The van der Waals surface area contributed by atoms with E-state index in [1.807, 2.05) is 12.1 Å². The van der Waals surface area contributed by atoms with E-state index >= 15 is 0 Å². The van der Waals surface area contributed by atoms with Crippen molar-refractivity contribution >= 4 is 17.7 Å². The van der Waals surface area contributed by atoms with Gasteiger partial charge in [0.15, 0.2) is 0 Å². The lowest BCUT2D eigenvalue weighted by Gasteiger charge is -2.32. The van der Waals surface area contributed by atoms with Crippen LogP contribution in [0.15, 0.2) is 48.5 Å². The van der Waals surface area contributed by atoms with E-state index in [2.05, 4.69) is 28.1 Å². The van der Waals surface area contributed by atoms with Crippen molar-refractivity contribution in [2.24, 2.45) is 0 Å². The molecule has 1 heterocycles. The van der Waals surface area contributed by atoms with Crippen LogP contribution in [-0.2, 0) is 27.2 Å². The number of nitrogens with zero attached hydrogens (tertiary/aromatic N) is 1. The summed E-state index contributed by atoms with van der Waals surface area (Å²) in [6.07, 6.45) is 4.50. The maximum absolute atomic E-state index is 13.7. The molecule has 2 aliphatic rings. The van der Waals surface area contributed by atoms with E-state index in [0.717, 1.165) is 36.8 Å². The third kappa shape index (κ3) is 5.87. The number of amides is 3. The second-order valence-corrected chi connectivity index (χ2v) is 9.78. The van der Waals surface area contributed by atoms with Crippen LogP contribution in [-0.4, -0.2) is 59.4 Å². The Morgan fingerprint density at radius 2 is 1.81 bits per heavy atom. The molecule has 8 nitrogen and oxygen atoms in total. The lowest BCUT2D eigenvalue weighted by Crippen LogP contribution is -2.56. The molecule has 1 saturated heterocycles. The summed E-state index contributed by atoms with van der Waals surface area (Å²) in [6, 6.07) is 12.9.